The van der Waals surface area contributed by atoms with E-state index in [1.54, 1.807) is 13.2 Å². The Labute approximate surface area is 295 Å². The molecular formula is C39H49N7O4. The second-order valence-electron chi connectivity index (χ2n) is 14.0. The van der Waals surface area contributed by atoms with Gasteiger partial charge in [0, 0.05) is 70.5 Å². The van der Waals surface area contributed by atoms with E-state index < -0.39 is 0 Å². The van der Waals surface area contributed by atoms with Crippen LogP contribution in [0.4, 0.5) is 5.82 Å². The van der Waals surface area contributed by atoms with Gasteiger partial charge in [-0.3, -0.25) is 9.69 Å². The highest BCUT2D eigenvalue weighted by Gasteiger charge is 2.35. The van der Waals surface area contributed by atoms with Crippen molar-refractivity contribution in [1.82, 2.24) is 24.7 Å². The van der Waals surface area contributed by atoms with Crippen LogP contribution in [0.1, 0.15) is 55.0 Å². The lowest BCUT2D eigenvalue weighted by molar-refractivity contribution is -0.128. The number of hydrogen-bond acceptors (Lipinski definition) is 10. The number of anilines is 1. The molecule has 0 aliphatic carbocycles. The van der Waals surface area contributed by atoms with Crippen LogP contribution in [0.2, 0.25) is 0 Å². The van der Waals surface area contributed by atoms with Crippen LogP contribution in [0.15, 0.2) is 54.6 Å². The smallest absolute Gasteiger partial charge is 0.318 e. The Morgan fingerprint density at radius 1 is 1.04 bits per heavy atom. The Hall–Kier alpha value is -4.08. The van der Waals surface area contributed by atoms with E-state index in [0.717, 1.165) is 74.5 Å². The minimum absolute atomic E-state index is 0.0487. The van der Waals surface area contributed by atoms with E-state index in [2.05, 4.69) is 70.3 Å². The van der Waals surface area contributed by atoms with Crippen molar-refractivity contribution in [2.75, 3.05) is 71.5 Å². The summed E-state index contributed by atoms with van der Waals surface area (Å²) in [5.74, 6) is 0.735. The zero-order chi connectivity index (χ0) is 34.5. The fourth-order valence-corrected chi connectivity index (χ4v) is 7.99. The van der Waals surface area contributed by atoms with Crippen molar-refractivity contribution >= 4 is 22.5 Å². The number of amides is 1. The van der Waals surface area contributed by atoms with Crippen molar-refractivity contribution in [2.45, 2.75) is 69.4 Å². The number of carbonyl (C=O) groups excluding carboxylic acids is 1. The largest absolute Gasteiger partial charge is 0.462 e. The third kappa shape index (κ3) is 7.64. The van der Waals surface area contributed by atoms with Crippen LogP contribution in [-0.4, -0.2) is 115 Å². The highest BCUT2D eigenvalue weighted by molar-refractivity contribution is 5.88. The van der Waals surface area contributed by atoms with Crippen LogP contribution < -0.4 is 9.64 Å². The Kier molecular flexibility index (Phi) is 10.9. The van der Waals surface area contributed by atoms with Crippen molar-refractivity contribution in [1.29, 1.82) is 5.26 Å². The summed E-state index contributed by atoms with van der Waals surface area (Å²) in [7, 11) is 3.91. The Bertz CT molecular complexity index is 1710. The first-order chi connectivity index (χ1) is 24.5. The number of rotatable bonds is 10. The second kappa shape index (κ2) is 15.9. The third-order valence-corrected chi connectivity index (χ3v) is 11.0. The normalized spacial score (nSPS) is 23.7. The molecule has 3 atom stereocenters. The van der Waals surface area contributed by atoms with Crippen molar-refractivity contribution in [3.8, 4) is 12.1 Å². The van der Waals surface area contributed by atoms with Crippen molar-refractivity contribution in [2.24, 2.45) is 0 Å². The van der Waals surface area contributed by atoms with Gasteiger partial charge < -0.3 is 28.9 Å². The zero-order valence-electron chi connectivity index (χ0n) is 29.4. The van der Waals surface area contributed by atoms with E-state index in [1.807, 2.05) is 11.0 Å². The number of likely N-dealkylation sites (tertiary alicyclic amines) is 2. The quantitative estimate of drug-likeness (QED) is 0.284. The number of piperazine rings is 1. The fraction of sp³-hybridized carbons (Fsp3) is 0.538. The average molecular weight is 680 g/mol. The van der Waals surface area contributed by atoms with Crippen molar-refractivity contribution < 1.29 is 19.0 Å². The number of aromatic nitrogens is 2. The number of benzene rings is 2. The highest BCUT2D eigenvalue weighted by Crippen LogP contribution is 2.38. The summed E-state index contributed by atoms with van der Waals surface area (Å²) >= 11 is 0. The maximum absolute atomic E-state index is 13.5. The van der Waals surface area contributed by atoms with Crippen LogP contribution in [0.3, 0.4) is 0 Å². The lowest BCUT2D eigenvalue weighted by atomic mass is 9.94. The minimum atomic E-state index is -0.265. The molecule has 0 spiro atoms. The standard InChI is InChI=1S/C39H49N7O4/c1-43-18-6-10-30(43)26-50-39-41-35-24-36(33-12-5-9-28-8-3-4-11-32(28)33)49-27-34(35)38(42-39)45-22-23-46(29(25-45)14-17-40)37(47)13-7-19-44-20-15-31(48-2)16-21-44/h3-5,7-9,11-13,29-31,36H,6,10,14-16,18-27H2,1-2H3/b13-7+/t29-,30-,36?/m0/s1. The molecule has 2 aromatic carbocycles. The summed E-state index contributed by atoms with van der Waals surface area (Å²) in [6, 6.07) is 17.6. The molecule has 264 valence electrons. The van der Waals surface area contributed by atoms with Gasteiger partial charge in [0.05, 0.1) is 43.0 Å². The van der Waals surface area contributed by atoms with Gasteiger partial charge in [-0.1, -0.05) is 48.5 Å². The molecule has 0 saturated carbocycles. The van der Waals surface area contributed by atoms with Gasteiger partial charge in [-0.2, -0.15) is 15.2 Å². The van der Waals surface area contributed by atoms with Crippen molar-refractivity contribution in [3.05, 3.63) is 71.4 Å². The van der Waals surface area contributed by atoms with E-state index in [0.29, 0.717) is 57.4 Å². The molecule has 3 saturated heterocycles. The molecule has 0 radical (unpaired) electrons. The topological polar surface area (TPSA) is 107 Å². The SMILES string of the molecule is COC1CCN(C/C=C/C(=O)N2CCN(c3nc(OC[C@@H]4CCCN4C)nc4c3COC(c3cccc5ccccc35)C4)C[C@@H]2CC#N)CC1. The summed E-state index contributed by atoms with van der Waals surface area (Å²) in [5.41, 5.74) is 3.04. The van der Waals surface area contributed by atoms with Gasteiger partial charge in [0.25, 0.3) is 0 Å². The number of fused-ring (bicyclic) bond motifs is 2. The molecule has 50 heavy (non-hydrogen) atoms. The van der Waals surface area contributed by atoms with E-state index in [4.69, 9.17) is 24.2 Å². The first kappa shape index (κ1) is 34.4. The lowest BCUT2D eigenvalue weighted by Crippen LogP contribution is -2.55. The van der Waals surface area contributed by atoms with Gasteiger partial charge in [-0.05, 0) is 55.6 Å². The monoisotopic (exact) mass is 679 g/mol. The Morgan fingerprint density at radius 2 is 1.88 bits per heavy atom. The second-order valence-corrected chi connectivity index (χ2v) is 14.0. The number of likely N-dealkylation sites (N-methyl/N-ethyl adjacent to an activating group) is 1. The van der Waals surface area contributed by atoms with E-state index >= 15 is 0 Å². The molecule has 0 N–H and O–H groups in total. The summed E-state index contributed by atoms with van der Waals surface area (Å²) in [6.45, 7) is 6.22. The minimum Gasteiger partial charge on any atom is -0.462 e. The number of piperidine rings is 1. The number of nitriles is 1. The van der Waals surface area contributed by atoms with E-state index in [1.165, 1.54) is 10.8 Å². The van der Waals surface area contributed by atoms with E-state index in [-0.39, 0.29) is 24.5 Å². The number of hydrogen-bond donors (Lipinski definition) is 0. The number of carbonyl (C=O) groups is 1. The molecule has 4 aliphatic heterocycles. The molecular weight excluding hydrogens is 630 g/mol. The molecule has 11 nitrogen and oxygen atoms in total. The Morgan fingerprint density at radius 3 is 2.68 bits per heavy atom. The summed E-state index contributed by atoms with van der Waals surface area (Å²) in [5, 5.41) is 12.2. The summed E-state index contributed by atoms with van der Waals surface area (Å²) < 4.78 is 18.4. The number of nitrogens with zero attached hydrogens (tertiary/aromatic N) is 7. The zero-order valence-corrected chi connectivity index (χ0v) is 29.4. The molecule has 7 rings (SSSR count). The molecule has 3 fully saturated rings. The molecule has 1 aromatic heterocycles. The molecule has 0 bridgehead atoms. The molecule has 4 aliphatic rings. The van der Waals surface area contributed by atoms with Crippen LogP contribution in [0.25, 0.3) is 10.8 Å². The van der Waals surface area contributed by atoms with Crippen LogP contribution in [0.5, 0.6) is 6.01 Å². The molecule has 5 heterocycles. The maximum Gasteiger partial charge on any atom is 0.318 e. The first-order valence-corrected chi connectivity index (χ1v) is 18.2. The summed E-state index contributed by atoms with van der Waals surface area (Å²) in [4.78, 5) is 32.2. The van der Waals surface area contributed by atoms with E-state index in [9.17, 15) is 10.1 Å². The molecule has 3 aromatic rings. The third-order valence-electron chi connectivity index (χ3n) is 11.0. The fourth-order valence-electron chi connectivity index (χ4n) is 7.99. The maximum atomic E-state index is 13.5. The lowest BCUT2D eigenvalue weighted by Gasteiger charge is -2.42. The molecule has 1 amide bonds. The van der Waals surface area contributed by atoms with Crippen LogP contribution in [-0.2, 0) is 27.3 Å². The van der Waals surface area contributed by atoms with Gasteiger partial charge in [0.15, 0.2) is 0 Å². The van der Waals surface area contributed by atoms with Gasteiger partial charge in [-0.25, -0.2) is 0 Å². The van der Waals surface area contributed by atoms with Gasteiger partial charge in [-0.15, -0.1) is 0 Å². The summed E-state index contributed by atoms with van der Waals surface area (Å²) in [6.07, 6.45) is 8.95. The molecule has 1 unspecified atom stereocenters. The first-order valence-electron chi connectivity index (χ1n) is 18.2. The van der Waals surface area contributed by atoms with Gasteiger partial charge in [0.2, 0.25) is 5.91 Å². The molecule has 11 heteroatoms. The average Bonchev–Trinajstić information content (AvgIpc) is 3.57. The predicted molar refractivity (Wildman–Crippen MR) is 192 cm³/mol. The predicted octanol–water partition coefficient (Wildman–Crippen LogP) is 4.51. The van der Waals surface area contributed by atoms with Crippen LogP contribution in [0, 0.1) is 11.3 Å². The van der Waals surface area contributed by atoms with Crippen LogP contribution >= 0.6 is 0 Å². The number of methoxy groups -OCH3 is 1. The number of ether oxygens (including phenoxy) is 3. The van der Waals surface area contributed by atoms with Crippen molar-refractivity contribution in [3.63, 3.8) is 0 Å². The van der Waals surface area contributed by atoms with Gasteiger partial charge in [0.1, 0.15) is 12.4 Å². The highest BCUT2D eigenvalue weighted by atomic mass is 16.5. The Balaban J connectivity index is 1.10. The van der Waals surface area contributed by atoms with Gasteiger partial charge >= 0.3 is 6.01 Å².